The second-order valence-corrected chi connectivity index (χ2v) is 8.09. The van der Waals surface area contributed by atoms with Crippen LogP contribution >= 0.6 is 11.8 Å². The first-order valence-electron chi connectivity index (χ1n) is 9.82. The highest BCUT2D eigenvalue weighted by Crippen LogP contribution is 2.32. The van der Waals surface area contributed by atoms with E-state index in [4.69, 9.17) is 0 Å². The van der Waals surface area contributed by atoms with Gasteiger partial charge in [-0.3, -0.25) is 9.36 Å². The van der Waals surface area contributed by atoms with E-state index < -0.39 is 0 Å². The fourth-order valence-corrected chi connectivity index (χ4v) is 4.03. The van der Waals surface area contributed by atoms with Crippen LogP contribution in [0.25, 0.3) is 17.1 Å². The van der Waals surface area contributed by atoms with E-state index >= 15 is 0 Å². The fourth-order valence-electron chi connectivity index (χ4n) is 3.28. The van der Waals surface area contributed by atoms with Gasteiger partial charge in [0.2, 0.25) is 5.91 Å². The van der Waals surface area contributed by atoms with Crippen LogP contribution in [0, 0.1) is 13.8 Å². The zero-order valence-corrected chi connectivity index (χ0v) is 18.1. The number of hydrogen-bond acceptors (Lipinski definition) is 5. The largest absolute Gasteiger partial charge is 0.507 e. The van der Waals surface area contributed by atoms with Gasteiger partial charge in [0.05, 0.1) is 11.3 Å². The molecule has 0 bridgehead atoms. The Balaban J connectivity index is 1.60. The van der Waals surface area contributed by atoms with Gasteiger partial charge in [-0.05, 0) is 49.7 Å². The Morgan fingerprint density at radius 1 is 1.00 bits per heavy atom. The molecule has 4 aromatic rings. The number of rotatable bonds is 6. The number of anilines is 1. The van der Waals surface area contributed by atoms with Crippen LogP contribution in [0.15, 0.2) is 78.0 Å². The third kappa shape index (κ3) is 4.62. The van der Waals surface area contributed by atoms with Gasteiger partial charge in [0.1, 0.15) is 5.75 Å². The highest BCUT2D eigenvalue weighted by atomic mass is 32.2. The van der Waals surface area contributed by atoms with Crippen molar-refractivity contribution in [1.82, 2.24) is 14.8 Å². The van der Waals surface area contributed by atoms with Gasteiger partial charge in [0.15, 0.2) is 11.0 Å². The molecule has 0 aliphatic heterocycles. The minimum absolute atomic E-state index is 0.122. The summed E-state index contributed by atoms with van der Waals surface area (Å²) in [6.07, 6.45) is 0. The van der Waals surface area contributed by atoms with Crippen molar-refractivity contribution in [2.45, 2.75) is 19.0 Å². The standard InChI is InChI=1S/C24H22N4O2S/c1-16-12-13-20(17(2)14-16)25-22(30)15-31-24-27-26-23(19-10-6-7-11-21(19)29)28(24)18-8-4-3-5-9-18/h3-14,29H,15H2,1-2H3,(H,25,30). The van der Waals surface area contributed by atoms with Crippen LogP contribution in [-0.4, -0.2) is 31.5 Å². The first kappa shape index (κ1) is 20.7. The van der Waals surface area contributed by atoms with E-state index in [-0.39, 0.29) is 17.4 Å². The van der Waals surface area contributed by atoms with Crippen molar-refractivity contribution in [2.24, 2.45) is 0 Å². The topological polar surface area (TPSA) is 80.0 Å². The molecule has 4 rings (SSSR count). The van der Waals surface area contributed by atoms with Gasteiger partial charge in [-0.2, -0.15) is 0 Å². The smallest absolute Gasteiger partial charge is 0.234 e. The van der Waals surface area contributed by atoms with Crippen molar-refractivity contribution in [3.05, 3.63) is 83.9 Å². The lowest BCUT2D eigenvalue weighted by molar-refractivity contribution is -0.113. The summed E-state index contributed by atoms with van der Waals surface area (Å²) in [6.45, 7) is 3.99. The lowest BCUT2D eigenvalue weighted by Crippen LogP contribution is -2.15. The van der Waals surface area contributed by atoms with Gasteiger partial charge in [0.25, 0.3) is 0 Å². The molecule has 0 spiro atoms. The molecule has 0 aliphatic rings. The number of phenols is 1. The number of carbonyl (C=O) groups is 1. The number of thioether (sulfide) groups is 1. The number of hydrogen-bond donors (Lipinski definition) is 2. The van der Waals surface area contributed by atoms with Gasteiger partial charge in [-0.25, -0.2) is 0 Å². The molecule has 156 valence electrons. The summed E-state index contributed by atoms with van der Waals surface area (Å²) in [7, 11) is 0. The third-order valence-electron chi connectivity index (χ3n) is 4.78. The average Bonchev–Trinajstić information content (AvgIpc) is 3.19. The Hall–Kier alpha value is -3.58. The first-order valence-corrected chi connectivity index (χ1v) is 10.8. The minimum Gasteiger partial charge on any atom is -0.507 e. The molecule has 0 aliphatic carbocycles. The molecule has 7 heteroatoms. The summed E-state index contributed by atoms with van der Waals surface area (Å²) in [5.74, 6) is 0.695. The lowest BCUT2D eigenvalue weighted by Gasteiger charge is -2.12. The number of benzene rings is 3. The van der Waals surface area contributed by atoms with Crippen LogP contribution in [0.2, 0.25) is 0 Å². The molecule has 0 atom stereocenters. The molecule has 3 aromatic carbocycles. The molecule has 0 unspecified atom stereocenters. The molecule has 0 fully saturated rings. The van der Waals surface area contributed by atoms with E-state index in [2.05, 4.69) is 15.5 Å². The van der Waals surface area contributed by atoms with E-state index in [1.165, 1.54) is 11.8 Å². The number of nitrogens with zero attached hydrogens (tertiary/aromatic N) is 3. The zero-order chi connectivity index (χ0) is 21.8. The van der Waals surface area contributed by atoms with E-state index in [0.717, 1.165) is 22.5 Å². The zero-order valence-electron chi connectivity index (χ0n) is 17.2. The normalized spacial score (nSPS) is 10.8. The summed E-state index contributed by atoms with van der Waals surface area (Å²) < 4.78 is 1.85. The molecule has 0 radical (unpaired) electrons. The SMILES string of the molecule is Cc1ccc(NC(=O)CSc2nnc(-c3ccccc3O)n2-c2ccccc2)c(C)c1. The van der Waals surface area contributed by atoms with Gasteiger partial charge in [0, 0.05) is 11.4 Å². The van der Waals surface area contributed by atoms with Crippen molar-refractivity contribution in [3.63, 3.8) is 0 Å². The van der Waals surface area contributed by atoms with Crippen LogP contribution in [0.5, 0.6) is 5.75 Å². The Kier molecular flexibility index (Phi) is 6.04. The maximum atomic E-state index is 12.6. The van der Waals surface area contributed by atoms with Gasteiger partial charge in [-0.15, -0.1) is 10.2 Å². The summed E-state index contributed by atoms with van der Waals surface area (Å²) in [5, 5.41) is 22.5. The molecule has 6 nitrogen and oxygen atoms in total. The summed E-state index contributed by atoms with van der Waals surface area (Å²) >= 11 is 1.30. The second kappa shape index (κ2) is 9.06. The van der Waals surface area contributed by atoms with Crippen molar-refractivity contribution in [2.75, 3.05) is 11.1 Å². The number of phenolic OH excluding ortho intramolecular Hbond substituents is 1. The van der Waals surface area contributed by atoms with Crippen LogP contribution in [0.4, 0.5) is 5.69 Å². The number of para-hydroxylation sites is 2. The Morgan fingerprint density at radius 2 is 1.74 bits per heavy atom. The number of aromatic hydroxyl groups is 1. The summed E-state index contributed by atoms with van der Waals surface area (Å²) in [5.41, 5.74) is 4.40. The molecule has 2 N–H and O–H groups in total. The maximum Gasteiger partial charge on any atom is 0.234 e. The number of nitrogens with one attached hydrogen (secondary N) is 1. The highest BCUT2D eigenvalue weighted by molar-refractivity contribution is 7.99. The number of amides is 1. The Bertz CT molecular complexity index is 1220. The molecule has 1 amide bonds. The number of aryl methyl sites for hydroxylation is 2. The highest BCUT2D eigenvalue weighted by Gasteiger charge is 2.19. The van der Waals surface area contributed by atoms with Crippen LogP contribution in [0.1, 0.15) is 11.1 Å². The maximum absolute atomic E-state index is 12.6. The van der Waals surface area contributed by atoms with E-state index in [9.17, 15) is 9.90 Å². The van der Waals surface area contributed by atoms with E-state index in [1.54, 1.807) is 18.2 Å². The van der Waals surface area contributed by atoms with Crippen LogP contribution in [0.3, 0.4) is 0 Å². The van der Waals surface area contributed by atoms with Crippen molar-refractivity contribution >= 4 is 23.4 Å². The number of carbonyl (C=O) groups excluding carboxylic acids is 1. The van der Waals surface area contributed by atoms with Gasteiger partial charge < -0.3 is 10.4 Å². The predicted molar refractivity (Wildman–Crippen MR) is 124 cm³/mol. The molecule has 0 saturated heterocycles. The van der Waals surface area contributed by atoms with Crippen LogP contribution in [-0.2, 0) is 4.79 Å². The minimum atomic E-state index is -0.122. The predicted octanol–water partition coefficient (Wildman–Crippen LogP) is 4.99. The fraction of sp³-hybridized carbons (Fsp3) is 0.125. The molecule has 0 saturated carbocycles. The Labute approximate surface area is 185 Å². The molecule has 31 heavy (non-hydrogen) atoms. The van der Waals surface area contributed by atoms with Gasteiger partial charge >= 0.3 is 0 Å². The Morgan fingerprint density at radius 3 is 2.48 bits per heavy atom. The monoisotopic (exact) mass is 430 g/mol. The summed E-state index contributed by atoms with van der Waals surface area (Å²) in [4.78, 5) is 12.6. The van der Waals surface area contributed by atoms with Crippen molar-refractivity contribution < 1.29 is 9.90 Å². The quantitative estimate of drug-likeness (QED) is 0.421. The van der Waals surface area contributed by atoms with Crippen molar-refractivity contribution in [1.29, 1.82) is 0 Å². The molecule has 1 heterocycles. The molecular weight excluding hydrogens is 408 g/mol. The second-order valence-electron chi connectivity index (χ2n) is 7.15. The van der Waals surface area contributed by atoms with Gasteiger partial charge in [-0.1, -0.05) is 59.8 Å². The van der Waals surface area contributed by atoms with E-state index in [1.807, 2.05) is 73.0 Å². The van der Waals surface area contributed by atoms with Crippen LogP contribution < -0.4 is 5.32 Å². The average molecular weight is 431 g/mol. The molecular formula is C24H22N4O2S. The molecule has 1 aromatic heterocycles. The third-order valence-corrected chi connectivity index (χ3v) is 5.71. The number of aromatic nitrogens is 3. The lowest BCUT2D eigenvalue weighted by atomic mass is 10.1. The first-order chi connectivity index (χ1) is 15.0. The summed E-state index contributed by atoms with van der Waals surface area (Å²) in [6, 6.07) is 22.6. The van der Waals surface area contributed by atoms with Crippen molar-refractivity contribution in [3.8, 4) is 22.8 Å². The van der Waals surface area contributed by atoms with E-state index in [0.29, 0.717) is 16.5 Å².